The van der Waals surface area contributed by atoms with Gasteiger partial charge in [-0.25, -0.2) is 13.8 Å². The lowest BCUT2D eigenvalue weighted by molar-refractivity contribution is -0.183. The van der Waals surface area contributed by atoms with E-state index >= 15 is 4.79 Å². The number of benzene rings is 4. The maximum absolute atomic E-state index is 15.1. The number of nitrogens with zero attached hydrogens (tertiary/aromatic N) is 1. The molecular weight excluding hydrogens is 865 g/mol. The van der Waals surface area contributed by atoms with Crippen LogP contribution in [-0.4, -0.2) is 100 Å². The van der Waals surface area contributed by atoms with E-state index in [2.05, 4.69) is 21.3 Å². The van der Waals surface area contributed by atoms with Crippen LogP contribution in [0.3, 0.4) is 0 Å². The van der Waals surface area contributed by atoms with Gasteiger partial charge in [0.05, 0.1) is 33.0 Å². The third-order valence-electron chi connectivity index (χ3n) is 9.16. The highest BCUT2D eigenvalue weighted by atomic mass is 32.3. The number of anilines is 1. The van der Waals surface area contributed by atoms with Crippen molar-refractivity contribution >= 4 is 58.1 Å². The number of ether oxygens (including phenoxy) is 4. The summed E-state index contributed by atoms with van der Waals surface area (Å²) in [6, 6.07) is 19.9. The van der Waals surface area contributed by atoms with Crippen molar-refractivity contribution in [3.8, 4) is 17.2 Å². The topological polar surface area (TPSA) is 307 Å². The summed E-state index contributed by atoms with van der Waals surface area (Å²) in [5, 5.41) is 20.5. The minimum absolute atomic E-state index is 0.0847. The Morgan fingerprint density at radius 2 is 1.48 bits per heavy atom. The number of alkyl carbamates (subject to hydrolysis) is 1. The molecule has 0 aromatic heterocycles. The number of hydrogen-bond acceptors (Lipinski definition) is 16. The fraction of sp³-hybridized carbons (Fsp3) is 0.244. The van der Waals surface area contributed by atoms with Gasteiger partial charge in [-0.3, -0.25) is 24.0 Å². The fourth-order valence-corrected chi connectivity index (χ4v) is 6.88. The van der Waals surface area contributed by atoms with Crippen molar-refractivity contribution in [2.24, 2.45) is 5.73 Å². The SMILES string of the molecule is COc1ccc(COC(=O)NCC(=O)Nc2cccc(C(OS(=O)(=O)ON3C[C@H](N)C3=O)(C(=O)O)C(=O)[C@H](NC(=O)CNC=O)c3ccccc3)c2OCc2ccc(OC)cc2)cc1. The third-order valence-corrected chi connectivity index (χ3v) is 9.98. The van der Waals surface area contributed by atoms with Crippen LogP contribution in [0.25, 0.3) is 0 Å². The van der Waals surface area contributed by atoms with Crippen molar-refractivity contribution in [1.29, 1.82) is 0 Å². The molecule has 1 aliphatic heterocycles. The molecule has 23 heteroatoms. The zero-order chi connectivity index (χ0) is 46.4. The monoisotopic (exact) mass is 906 g/mol. The summed E-state index contributed by atoms with van der Waals surface area (Å²) in [6.45, 7) is -2.50. The molecule has 0 spiro atoms. The Bertz CT molecular complexity index is 2460. The van der Waals surface area contributed by atoms with E-state index in [0.29, 0.717) is 22.6 Å². The zero-order valence-corrected chi connectivity index (χ0v) is 34.8. The Labute approximate surface area is 365 Å². The Morgan fingerprint density at radius 3 is 2.05 bits per heavy atom. The molecule has 1 unspecified atom stereocenters. The van der Waals surface area contributed by atoms with Crippen molar-refractivity contribution in [3.63, 3.8) is 0 Å². The van der Waals surface area contributed by atoms with Crippen LogP contribution in [0.4, 0.5) is 10.5 Å². The van der Waals surface area contributed by atoms with Gasteiger partial charge in [0.2, 0.25) is 24.0 Å². The van der Waals surface area contributed by atoms with Crippen LogP contribution in [0.1, 0.15) is 28.3 Å². The van der Waals surface area contributed by atoms with Crippen LogP contribution in [-0.2, 0) is 71.2 Å². The number of carboxylic acid groups (broad SMARTS) is 1. The number of carbonyl (C=O) groups is 7. The standard InChI is InChI=1S/C41H42N6O16S/c1-58-28-15-11-25(12-16-28)22-60-36-30(9-6-10-32(36)45-34(50)20-44-40(55)61-23-26-13-17-29(59-2)18-14-26)41(39(53)54,62-64(56,57)63-47-21-31(42)38(47)52)37(51)35(27-7-4-3-5-8-27)46-33(49)19-43-24-48/h3-18,24,31,35H,19-23,42H2,1-2H3,(H,43,48)(H,44,55)(H,45,50)(H,46,49)(H,53,54)/t31-,35+,41?/m0/s1. The summed E-state index contributed by atoms with van der Waals surface area (Å²) in [6.07, 6.45) is -0.812. The molecule has 1 aliphatic rings. The van der Waals surface area contributed by atoms with Crippen LogP contribution < -0.4 is 41.2 Å². The van der Waals surface area contributed by atoms with Crippen LogP contribution in [0, 0.1) is 0 Å². The second-order valence-electron chi connectivity index (χ2n) is 13.5. The van der Waals surface area contributed by atoms with E-state index in [1.54, 1.807) is 48.5 Å². The summed E-state index contributed by atoms with van der Waals surface area (Å²) in [7, 11) is -2.85. The predicted octanol–water partition coefficient (Wildman–Crippen LogP) is 0.963. The number of para-hydroxylation sites is 1. The molecule has 1 saturated heterocycles. The Kier molecular flexibility index (Phi) is 15.9. The van der Waals surface area contributed by atoms with Gasteiger partial charge in [-0.15, -0.1) is 4.28 Å². The molecular formula is C41H42N6O16S. The van der Waals surface area contributed by atoms with Crippen molar-refractivity contribution in [1.82, 2.24) is 21.0 Å². The smallest absolute Gasteiger partial charge is 0.423 e. The summed E-state index contributed by atoms with van der Waals surface area (Å²) in [5.41, 5.74) is 1.48. The van der Waals surface area contributed by atoms with E-state index in [1.165, 1.54) is 50.6 Å². The Morgan fingerprint density at radius 1 is 0.859 bits per heavy atom. The van der Waals surface area contributed by atoms with E-state index < -0.39 is 101 Å². The first-order valence-electron chi connectivity index (χ1n) is 18.8. The molecule has 22 nitrogen and oxygen atoms in total. The van der Waals surface area contributed by atoms with Gasteiger partial charge < -0.3 is 51.1 Å². The number of methoxy groups -OCH3 is 2. The molecule has 64 heavy (non-hydrogen) atoms. The second kappa shape index (κ2) is 21.5. The maximum atomic E-state index is 15.1. The summed E-state index contributed by atoms with van der Waals surface area (Å²) in [5.74, 6) is -6.60. The highest BCUT2D eigenvalue weighted by Gasteiger charge is 2.58. The average Bonchev–Trinajstić information content (AvgIpc) is 3.30. The van der Waals surface area contributed by atoms with Gasteiger partial charge in [0.25, 0.3) is 11.5 Å². The highest BCUT2D eigenvalue weighted by molar-refractivity contribution is 7.81. The lowest BCUT2D eigenvalue weighted by Crippen LogP contribution is -2.61. The number of rotatable bonds is 23. The van der Waals surface area contributed by atoms with Crippen LogP contribution >= 0.6 is 0 Å². The van der Waals surface area contributed by atoms with Gasteiger partial charge in [-0.2, -0.15) is 13.5 Å². The summed E-state index contributed by atoms with van der Waals surface area (Å²) >= 11 is 0. The van der Waals surface area contributed by atoms with E-state index in [0.717, 1.165) is 12.1 Å². The number of hydroxylamine groups is 2. The average molecular weight is 907 g/mol. The molecule has 3 atom stereocenters. The molecule has 5 amide bonds. The van der Waals surface area contributed by atoms with Crippen molar-refractivity contribution in [2.75, 3.05) is 39.2 Å². The van der Waals surface area contributed by atoms with E-state index in [4.69, 9.17) is 33.1 Å². The molecule has 4 aromatic rings. The van der Waals surface area contributed by atoms with Gasteiger partial charge in [-0.1, -0.05) is 66.7 Å². The lowest BCUT2D eigenvalue weighted by Gasteiger charge is -2.36. The molecule has 0 aliphatic carbocycles. The molecule has 0 radical (unpaired) electrons. The first-order valence-corrected chi connectivity index (χ1v) is 20.2. The normalized spacial score (nSPS) is 14.6. The predicted molar refractivity (Wildman–Crippen MR) is 220 cm³/mol. The third kappa shape index (κ3) is 11.9. The number of hydrogen-bond donors (Lipinski definition) is 6. The van der Waals surface area contributed by atoms with E-state index in [-0.39, 0.29) is 29.3 Å². The number of carboxylic acids is 1. The number of β-lactam (4-membered cyclic amide) rings is 1. The van der Waals surface area contributed by atoms with Crippen LogP contribution in [0.15, 0.2) is 97.1 Å². The molecule has 7 N–H and O–H groups in total. The van der Waals surface area contributed by atoms with Gasteiger partial charge in [0.1, 0.15) is 43.3 Å². The minimum atomic E-state index is -5.77. The fourth-order valence-electron chi connectivity index (χ4n) is 5.95. The summed E-state index contributed by atoms with van der Waals surface area (Å²) < 4.78 is 59.1. The number of aliphatic carboxylic acids is 1. The molecule has 1 heterocycles. The lowest BCUT2D eigenvalue weighted by atomic mass is 9.82. The number of amides is 5. The minimum Gasteiger partial charge on any atom is -0.497 e. The zero-order valence-electron chi connectivity index (χ0n) is 34.0. The molecule has 4 aromatic carbocycles. The van der Waals surface area contributed by atoms with Crippen LogP contribution in [0.2, 0.25) is 0 Å². The Balaban J connectivity index is 1.59. The molecule has 338 valence electrons. The largest absolute Gasteiger partial charge is 0.497 e. The first kappa shape index (κ1) is 47.4. The maximum Gasteiger partial charge on any atom is 0.423 e. The quantitative estimate of drug-likeness (QED) is 0.0343. The number of carbonyl (C=O) groups excluding carboxylic acids is 6. The highest BCUT2D eigenvalue weighted by Crippen LogP contribution is 2.44. The Hall–Kier alpha value is -7.60. The molecule has 0 saturated carbocycles. The van der Waals surface area contributed by atoms with Gasteiger partial charge in [-0.05, 0) is 47.0 Å². The number of nitrogens with two attached hydrogens (primary N) is 1. The van der Waals surface area contributed by atoms with Crippen molar-refractivity contribution in [2.45, 2.75) is 30.9 Å². The molecule has 0 bridgehead atoms. The van der Waals surface area contributed by atoms with Crippen molar-refractivity contribution < 1.29 is 74.5 Å². The second-order valence-corrected chi connectivity index (χ2v) is 14.6. The number of Topliss-reactive ketones (excluding diaryl/α,β-unsaturated/α-hetero) is 1. The van der Waals surface area contributed by atoms with Gasteiger partial charge >= 0.3 is 22.5 Å². The van der Waals surface area contributed by atoms with Crippen molar-refractivity contribution in [3.05, 3.63) is 119 Å². The molecule has 5 rings (SSSR count). The molecule has 1 fully saturated rings. The summed E-state index contributed by atoms with van der Waals surface area (Å²) in [4.78, 5) is 91.3. The van der Waals surface area contributed by atoms with Gasteiger partial charge in [0.15, 0.2) is 5.75 Å². The number of ketones is 1. The van der Waals surface area contributed by atoms with E-state index in [9.17, 15) is 42.3 Å². The number of nitrogens with one attached hydrogen (secondary N) is 4. The van der Waals surface area contributed by atoms with E-state index in [1.807, 2.05) is 0 Å². The first-order chi connectivity index (χ1) is 30.6. The van der Waals surface area contributed by atoms with Crippen LogP contribution in [0.5, 0.6) is 17.2 Å². The van der Waals surface area contributed by atoms with Gasteiger partial charge in [0, 0.05) is 5.56 Å².